The standard InChI is InChI=1S/C3H4N4O2.Li.H/c8-3(9)1-7-2-4-5-6-7;;/h2H,1H2,(H,8,9);;. The van der Waals surface area contributed by atoms with Crippen LogP contribution in [0.3, 0.4) is 0 Å². The summed E-state index contributed by atoms with van der Waals surface area (Å²) in [5.74, 6) is -0.956. The van der Waals surface area contributed by atoms with Crippen molar-refractivity contribution in [1.29, 1.82) is 0 Å². The first kappa shape index (κ1) is 9.14. The van der Waals surface area contributed by atoms with Crippen LogP contribution in [-0.2, 0) is 11.3 Å². The molecule has 0 fully saturated rings. The van der Waals surface area contributed by atoms with Gasteiger partial charge in [0.15, 0.2) is 0 Å². The summed E-state index contributed by atoms with van der Waals surface area (Å²) in [7, 11) is 0. The molecule has 0 saturated heterocycles. The van der Waals surface area contributed by atoms with Gasteiger partial charge in [-0.25, -0.2) is 4.68 Å². The third-order valence-electron chi connectivity index (χ3n) is 0.689. The molecule has 0 atom stereocenters. The molecule has 0 bridgehead atoms. The Morgan fingerprint density at radius 1 is 1.70 bits per heavy atom. The molecule has 0 radical (unpaired) electrons. The van der Waals surface area contributed by atoms with E-state index in [-0.39, 0.29) is 25.4 Å². The Morgan fingerprint density at radius 3 is 2.80 bits per heavy atom. The van der Waals surface area contributed by atoms with Gasteiger partial charge in [-0.2, -0.15) is 0 Å². The summed E-state index contributed by atoms with van der Waals surface area (Å²) in [6, 6.07) is 0. The third kappa shape index (κ3) is 2.62. The Morgan fingerprint density at radius 2 is 2.40 bits per heavy atom. The number of rotatable bonds is 2. The molecule has 10 heavy (non-hydrogen) atoms. The van der Waals surface area contributed by atoms with Gasteiger partial charge in [0, 0.05) is 0 Å². The summed E-state index contributed by atoms with van der Waals surface area (Å²) in [5.41, 5.74) is 0. The molecule has 0 aliphatic rings. The minimum atomic E-state index is -0.956. The fourth-order valence-electron chi connectivity index (χ4n) is 0.391. The second-order valence-electron chi connectivity index (χ2n) is 1.40. The van der Waals surface area contributed by atoms with Crippen LogP contribution >= 0.6 is 0 Å². The van der Waals surface area contributed by atoms with Crippen LogP contribution in [0.15, 0.2) is 6.33 Å². The van der Waals surface area contributed by atoms with Crippen LogP contribution < -0.4 is 0 Å². The van der Waals surface area contributed by atoms with Crippen molar-refractivity contribution in [2.24, 2.45) is 0 Å². The maximum absolute atomic E-state index is 9.95. The number of carboxylic acids is 1. The molecule has 0 aromatic carbocycles. The van der Waals surface area contributed by atoms with E-state index >= 15 is 0 Å². The van der Waals surface area contributed by atoms with Crippen LogP contribution in [0.5, 0.6) is 0 Å². The Balaban J connectivity index is 0.000000810. The summed E-state index contributed by atoms with van der Waals surface area (Å²) in [4.78, 5) is 9.95. The van der Waals surface area contributed by atoms with Crippen LogP contribution in [-0.4, -0.2) is 50.1 Å². The van der Waals surface area contributed by atoms with Crippen LogP contribution in [0.25, 0.3) is 0 Å². The van der Waals surface area contributed by atoms with E-state index in [9.17, 15) is 4.79 Å². The summed E-state index contributed by atoms with van der Waals surface area (Å²) in [5, 5.41) is 18.0. The van der Waals surface area contributed by atoms with Gasteiger partial charge in [0.2, 0.25) is 0 Å². The zero-order valence-corrected chi connectivity index (χ0v) is 4.43. The van der Waals surface area contributed by atoms with E-state index in [4.69, 9.17) is 5.11 Å². The average molecular weight is 136 g/mol. The van der Waals surface area contributed by atoms with Crippen molar-refractivity contribution >= 4 is 24.8 Å². The maximum atomic E-state index is 9.95. The molecule has 1 N–H and O–H groups in total. The van der Waals surface area contributed by atoms with E-state index < -0.39 is 5.97 Å². The van der Waals surface area contributed by atoms with Crippen molar-refractivity contribution in [2.45, 2.75) is 6.54 Å². The van der Waals surface area contributed by atoms with Crippen molar-refractivity contribution in [3.63, 3.8) is 0 Å². The minimum absolute atomic E-state index is 0. The molecule has 1 aromatic rings. The van der Waals surface area contributed by atoms with E-state index in [2.05, 4.69) is 15.5 Å². The van der Waals surface area contributed by atoms with Gasteiger partial charge in [-0.15, -0.1) is 5.10 Å². The molecule has 6 nitrogen and oxygen atoms in total. The normalized spacial score (nSPS) is 8.40. The van der Waals surface area contributed by atoms with E-state index in [1.54, 1.807) is 0 Å². The molecular weight excluding hydrogens is 131 g/mol. The fourth-order valence-corrected chi connectivity index (χ4v) is 0.391. The Kier molecular flexibility index (Phi) is 3.69. The number of nitrogens with zero attached hydrogens (tertiary/aromatic N) is 4. The topological polar surface area (TPSA) is 80.9 Å². The second kappa shape index (κ2) is 4.03. The van der Waals surface area contributed by atoms with Crippen molar-refractivity contribution in [3.05, 3.63) is 6.33 Å². The van der Waals surface area contributed by atoms with Gasteiger partial charge < -0.3 is 5.11 Å². The number of aliphatic carboxylic acids is 1. The van der Waals surface area contributed by atoms with E-state index in [0.29, 0.717) is 0 Å². The Bertz CT molecular complexity index is 198. The second-order valence-corrected chi connectivity index (χ2v) is 1.40. The first-order valence-electron chi connectivity index (χ1n) is 2.21. The van der Waals surface area contributed by atoms with Crippen molar-refractivity contribution in [3.8, 4) is 0 Å². The summed E-state index contributed by atoms with van der Waals surface area (Å²) >= 11 is 0. The van der Waals surface area contributed by atoms with Crippen molar-refractivity contribution in [1.82, 2.24) is 20.2 Å². The van der Waals surface area contributed by atoms with Gasteiger partial charge in [-0.1, -0.05) is 0 Å². The first-order chi connectivity index (χ1) is 4.29. The van der Waals surface area contributed by atoms with Gasteiger partial charge in [0.1, 0.15) is 12.9 Å². The van der Waals surface area contributed by atoms with Gasteiger partial charge in [-0.3, -0.25) is 4.79 Å². The predicted octanol–water partition coefficient (Wildman–Crippen LogP) is -1.89. The molecule has 7 heteroatoms. The van der Waals surface area contributed by atoms with Gasteiger partial charge in [-0.05, 0) is 10.4 Å². The van der Waals surface area contributed by atoms with E-state index in [0.717, 1.165) is 4.68 Å². The van der Waals surface area contributed by atoms with Crippen molar-refractivity contribution in [2.75, 3.05) is 0 Å². The SMILES string of the molecule is O=C(O)Cn1cnnn1.[LiH]. The van der Waals surface area contributed by atoms with E-state index in [1.165, 1.54) is 6.33 Å². The summed E-state index contributed by atoms with van der Waals surface area (Å²) in [6.07, 6.45) is 1.24. The number of aromatic nitrogens is 4. The third-order valence-corrected chi connectivity index (χ3v) is 0.689. The number of tetrazole rings is 1. The monoisotopic (exact) mass is 136 g/mol. The molecule has 0 aliphatic heterocycles. The predicted molar refractivity (Wildman–Crippen MR) is 32.6 cm³/mol. The molecule has 0 spiro atoms. The molecular formula is C3H5LiN4O2. The molecule has 50 valence electrons. The van der Waals surface area contributed by atoms with Gasteiger partial charge >= 0.3 is 24.8 Å². The average Bonchev–Trinajstić information content (AvgIpc) is 2.15. The molecule has 1 rings (SSSR count). The molecule has 0 amide bonds. The number of hydrogen-bond acceptors (Lipinski definition) is 4. The first-order valence-corrected chi connectivity index (χ1v) is 2.21. The number of hydrogen-bond donors (Lipinski definition) is 1. The summed E-state index contributed by atoms with van der Waals surface area (Å²) in [6.45, 7) is -0.188. The van der Waals surface area contributed by atoms with E-state index in [1.807, 2.05) is 0 Å². The Labute approximate surface area is 68.4 Å². The summed E-state index contributed by atoms with van der Waals surface area (Å²) < 4.78 is 1.13. The van der Waals surface area contributed by atoms with Crippen LogP contribution in [0.2, 0.25) is 0 Å². The molecule has 0 saturated carbocycles. The van der Waals surface area contributed by atoms with Gasteiger partial charge in [0.05, 0.1) is 0 Å². The zero-order valence-electron chi connectivity index (χ0n) is 4.43. The van der Waals surface area contributed by atoms with Crippen LogP contribution in [0, 0.1) is 0 Å². The zero-order chi connectivity index (χ0) is 6.69. The Hall–Kier alpha value is -0.863. The molecule has 1 heterocycles. The fraction of sp³-hybridized carbons (Fsp3) is 0.333. The molecule has 1 aromatic heterocycles. The van der Waals surface area contributed by atoms with Crippen LogP contribution in [0.4, 0.5) is 0 Å². The van der Waals surface area contributed by atoms with Crippen molar-refractivity contribution < 1.29 is 9.90 Å². The van der Waals surface area contributed by atoms with Crippen LogP contribution in [0.1, 0.15) is 0 Å². The quantitative estimate of drug-likeness (QED) is 0.480. The van der Waals surface area contributed by atoms with Gasteiger partial charge in [0.25, 0.3) is 0 Å². The molecule has 0 unspecified atom stereocenters. The number of carboxylic acid groups (broad SMARTS) is 1. The number of carbonyl (C=O) groups is 1. The molecule has 0 aliphatic carbocycles.